The van der Waals surface area contributed by atoms with Gasteiger partial charge in [-0.15, -0.1) is 0 Å². The molecular weight excluding hydrogens is 207 g/mol. The quantitative estimate of drug-likeness (QED) is 0.565. The van der Waals surface area contributed by atoms with Crippen molar-refractivity contribution in [2.45, 2.75) is 0 Å². The molecule has 1 aromatic heterocycles. The molecular formula is C4H2BrSe. The first-order valence-electron chi connectivity index (χ1n) is 1.51. The first kappa shape index (κ1) is 4.63. The molecule has 6 heavy (non-hydrogen) atoms. The van der Waals surface area contributed by atoms with Gasteiger partial charge in [-0.3, -0.25) is 0 Å². The van der Waals surface area contributed by atoms with E-state index in [0.29, 0.717) is 14.5 Å². The van der Waals surface area contributed by atoms with E-state index in [1.807, 2.05) is 12.1 Å². The van der Waals surface area contributed by atoms with E-state index in [9.17, 15) is 0 Å². The summed E-state index contributed by atoms with van der Waals surface area (Å²) < 4.78 is 1.29. The van der Waals surface area contributed by atoms with E-state index >= 15 is 0 Å². The molecule has 0 saturated heterocycles. The van der Waals surface area contributed by atoms with Crippen LogP contribution in [0.25, 0.3) is 0 Å². The summed E-state index contributed by atoms with van der Waals surface area (Å²) in [5.74, 6) is 0. The molecule has 1 rings (SSSR count). The van der Waals surface area contributed by atoms with E-state index in [1.165, 1.54) is 3.35 Å². The molecule has 0 aliphatic rings. The van der Waals surface area contributed by atoms with Gasteiger partial charge in [-0.25, -0.2) is 0 Å². The van der Waals surface area contributed by atoms with Crippen molar-refractivity contribution in [1.29, 1.82) is 0 Å². The standard InChI is InChI=1S/C4H2BrSe/c5-4-2-1-3-6-4/h1-2H. The van der Waals surface area contributed by atoms with Crippen LogP contribution >= 0.6 is 15.9 Å². The normalized spacial score (nSPS) is 8.83. The van der Waals surface area contributed by atoms with Crippen LogP contribution in [0.2, 0.25) is 0 Å². The molecule has 0 aliphatic carbocycles. The molecule has 0 aromatic carbocycles. The molecule has 0 bridgehead atoms. The van der Waals surface area contributed by atoms with Crippen LogP contribution in [0, 0.1) is 4.94 Å². The van der Waals surface area contributed by atoms with Gasteiger partial charge in [-0.05, 0) is 0 Å². The molecule has 1 heterocycles. The Morgan fingerprint density at radius 1 is 1.83 bits per heavy atom. The summed E-state index contributed by atoms with van der Waals surface area (Å²) in [6, 6.07) is 3.98. The molecule has 0 nitrogen and oxygen atoms in total. The second kappa shape index (κ2) is 1.97. The molecule has 1 aromatic rings. The van der Waals surface area contributed by atoms with Crippen molar-refractivity contribution < 1.29 is 0 Å². The van der Waals surface area contributed by atoms with Crippen LogP contribution in [0.3, 0.4) is 0 Å². The van der Waals surface area contributed by atoms with Gasteiger partial charge < -0.3 is 0 Å². The zero-order valence-electron chi connectivity index (χ0n) is 2.94. The van der Waals surface area contributed by atoms with Gasteiger partial charge in [-0.2, -0.15) is 0 Å². The Morgan fingerprint density at radius 2 is 2.67 bits per heavy atom. The molecule has 31 valence electrons. The average Bonchev–Trinajstić information content (AvgIpc) is 1.86. The maximum absolute atomic E-state index is 3.33. The molecule has 1 radical (unpaired) electrons. The number of rotatable bonds is 0. The number of halogens is 1. The summed E-state index contributed by atoms with van der Waals surface area (Å²) in [5.41, 5.74) is 0. The minimum absolute atomic E-state index is 0.500. The van der Waals surface area contributed by atoms with Crippen molar-refractivity contribution in [1.82, 2.24) is 0 Å². The molecule has 0 atom stereocenters. The summed E-state index contributed by atoms with van der Waals surface area (Å²) >= 11 is 3.83. The van der Waals surface area contributed by atoms with Gasteiger partial charge in [0, 0.05) is 0 Å². The maximum atomic E-state index is 3.33. The molecule has 0 unspecified atom stereocenters. The summed E-state index contributed by atoms with van der Waals surface area (Å²) in [5, 5.41) is 0. The Kier molecular flexibility index (Phi) is 1.52. The van der Waals surface area contributed by atoms with E-state index in [1.54, 1.807) is 0 Å². The molecule has 0 saturated carbocycles. The van der Waals surface area contributed by atoms with Crippen molar-refractivity contribution >= 4 is 30.4 Å². The third kappa shape index (κ3) is 0.969. The topological polar surface area (TPSA) is 0 Å². The summed E-state index contributed by atoms with van der Waals surface area (Å²) in [4.78, 5) is 3.07. The Labute approximate surface area is 51.1 Å². The SMILES string of the molecule is Brc1cc[c][se]1. The molecule has 0 amide bonds. The van der Waals surface area contributed by atoms with Crippen LogP contribution in [-0.4, -0.2) is 14.5 Å². The first-order valence-corrected chi connectivity index (χ1v) is 4.01. The zero-order chi connectivity index (χ0) is 4.41. The van der Waals surface area contributed by atoms with Gasteiger partial charge >= 0.3 is 50.9 Å². The number of hydrogen-bond acceptors (Lipinski definition) is 0. The van der Waals surface area contributed by atoms with Crippen LogP contribution < -0.4 is 0 Å². The van der Waals surface area contributed by atoms with E-state index in [4.69, 9.17) is 0 Å². The second-order valence-corrected chi connectivity index (χ2v) is 4.74. The summed E-state index contributed by atoms with van der Waals surface area (Å²) in [6.07, 6.45) is 0. The predicted octanol–water partition coefficient (Wildman–Crippen LogP) is 1.31. The zero-order valence-corrected chi connectivity index (χ0v) is 6.24. The van der Waals surface area contributed by atoms with Crippen LogP contribution in [0.15, 0.2) is 15.5 Å². The van der Waals surface area contributed by atoms with E-state index in [2.05, 4.69) is 20.9 Å². The monoisotopic (exact) mass is 209 g/mol. The van der Waals surface area contributed by atoms with Crippen molar-refractivity contribution in [3.63, 3.8) is 0 Å². The number of hydrogen-bond donors (Lipinski definition) is 0. The Bertz CT molecular complexity index is 111. The van der Waals surface area contributed by atoms with E-state index in [0.717, 1.165) is 0 Å². The summed E-state index contributed by atoms with van der Waals surface area (Å²) in [6.45, 7) is 0. The van der Waals surface area contributed by atoms with Crippen LogP contribution in [-0.2, 0) is 0 Å². The molecule has 0 N–H and O–H groups in total. The van der Waals surface area contributed by atoms with Crippen molar-refractivity contribution in [2.75, 3.05) is 0 Å². The van der Waals surface area contributed by atoms with Gasteiger partial charge in [0.2, 0.25) is 0 Å². The van der Waals surface area contributed by atoms with Crippen molar-refractivity contribution in [2.24, 2.45) is 0 Å². The molecule has 0 aliphatic heterocycles. The fourth-order valence-corrected chi connectivity index (χ4v) is 1.65. The fourth-order valence-electron chi connectivity index (χ4n) is 0.224. The third-order valence-electron chi connectivity index (χ3n) is 0.439. The Balaban J connectivity index is 3.05. The predicted molar refractivity (Wildman–Crippen MR) is 29.9 cm³/mol. The molecule has 0 fully saturated rings. The van der Waals surface area contributed by atoms with Crippen LogP contribution in [0.1, 0.15) is 0 Å². The van der Waals surface area contributed by atoms with Gasteiger partial charge in [0.25, 0.3) is 0 Å². The summed E-state index contributed by atoms with van der Waals surface area (Å²) in [7, 11) is 0. The minimum atomic E-state index is 0.500. The third-order valence-corrected chi connectivity index (χ3v) is 2.77. The molecule has 0 spiro atoms. The van der Waals surface area contributed by atoms with Crippen LogP contribution in [0.4, 0.5) is 0 Å². The van der Waals surface area contributed by atoms with Gasteiger partial charge in [-0.1, -0.05) is 0 Å². The fraction of sp³-hybridized carbons (Fsp3) is 0. The second-order valence-electron chi connectivity index (χ2n) is 0.857. The van der Waals surface area contributed by atoms with Crippen LogP contribution in [0.5, 0.6) is 0 Å². The van der Waals surface area contributed by atoms with Crippen molar-refractivity contribution in [3.05, 3.63) is 20.4 Å². The first-order chi connectivity index (χ1) is 2.89. The average molecular weight is 209 g/mol. The van der Waals surface area contributed by atoms with Gasteiger partial charge in [0.1, 0.15) is 0 Å². The Morgan fingerprint density at radius 3 is 2.83 bits per heavy atom. The van der Waals surface area contributed by atoms with E-state index < -0.39 is 0 Å². The van der Waals surface area contributed by atoms with Gasteiger partial charge in [0.15, 0.2) is 0 Å². The van der Waals surface area contributed by atoms with Crippen molar-refractivity contribution in [3.8, 4) is 0 Å². The Hall–Kier alpha value is 0.479. The molecule has 2 heteroatoms. The van der Waals surface area contributed by atoms with Gasteiger partial charge in [0.05, 0.1) is 0 Å². The van der Waals surface area contributed by atoms with E-state index in [-0.39, 0.29) is 0 Å².